The van der Waals surface area contributed by atoms with E-state index in [0.29, 0.717) is 9.39 Å². The minimum absolute atomic E-state index is 0.0615. The van der Waals surface area contributed by atoms with Gasteiger partial charge in [0, 0.05) is 6.20 Å². The van der Waals surface area contributed by atoms with Gasteiger partial charge in [0.15, 0.2) is 11.5 Å². The first-order chi connectivity index (χ1) is 8.00. The van der Waals surface area contributed by atoms with E-state index in [2.05, 4.69) is 10.1 Å². The fourth-order valence-electron chi connectivity index (χ4n) is 1.48. The number of carboxylic acid groups (broad SMARTS) is 1. The van der Waals surface area contributed by atoms with Crippen LogP contribution in [-0.4, -0.2) is 25.8 Å². The van der Waals surface area contributed by atoms with Gasteiger partial charge >= 0.3 is 5.97 Å². The van der Waals surface area contributed by atoms with Crippen LogP contribution < -0.4 is 0 Å². The third kappa shape index (κ3) is 2.17. The molecule has 2 aromatic heterocycles. The molecular formula is C11H10IN3O2. The Bertz CT molecular complexity index is 592. The molecule has 0 atom stereocenters. The molecule has 0 unspecified atom stereocenters. The smallest absolute Gasteiger partial charge is 0.357 e. The molecule has 5 nitrogen and oxygen atoms in total. The Kier molecular flexibility index (Phi) is 3.14. The molecule has 0 saturated carbocycles. The van der Waals surface area contributed by atoms with Crippen LogP contribution in [0.2, 0.25) is 0 Å². The topological polar surface area (TPSA) is 68.0 Å². The van der Waals surface area contributed by atoms with Gasteiger partial charge in [-0.1, -0.05) is 0 Å². The molecule has 0 aromatic carbocycles. The van der Waals surface area contributed by atoms with Crippen molar-refractivity contribution in [2.24, 2.45) is 0 Å². The third-order valence-corrected chi connectivity index (χ3v) is 3.66. The van der Waals surface area contributed by atoms with Crippen LogP contribution >= 0.6 is 22.6 Å². The predicted octanol–water partition coefficient (Wildman–Crippen LogP) is 2.19. The lowest BCUT2D eigenvalue weighted by Gasteiger charge is -2.03. The molecule has 0 aliphatic heterocycles. The number of rotatable bonds is 2. The number of hydrogen-bond donors (Lipinski definition) is 1. The van der Waals surface area contributed by atoms with Gasteiger partial charge in [-0.15, -0.1) is 0 Å². The fourth-order valence-corrected chi connectivity index (χ4v) is 2.05. The van der Waals surface area contributed by atoms with Gasteiger partial charge < -0.3 is 5.11 Å². The number of hydrogen-bond acceptors (Lipinski definition) is 3. The molecule has 1 N–H and O–H groups in total. The second kappa shape index (κ2) is 4.44. The summed E-state index contributed by atoms with van der Waals surface area (Å²) in [7, 11) is 0. The molecule has 0 amide bonds. The van der Waals surface area contributed by atoms with E-state index in [1.54, 1.807) is 10.9 Å². The largest absolute Gasteiger partial charge is 0.476 e. The lowest BCUT2D eigenvalue weighted by Crippen LogP contribution is -2.04. The van der Waals surface area contributed by atoms with Gasteiger partial charge in [0.05, 0.1) is 9.26 Å². The quantitative estimate of drug-likeness (QED) is 0.849. The number of aryl methyl sites for hydroxylation is 1. The molecule has 0 bridgehead atoms. The van der Waals surface area contributed by atoms with E-state index in [1.165, 1.54) is 0 Å². The third-order valence-electron chi connectivity index (χ3n) is 2.36. The molecule has 0 aliphatic carbocycles. The van der Waals surface area contributed by atoms with E-state index < -0.39 is 5.97 Å². The van der Waals surface area contributed by atoms with Gasteiger partial charge in [0.2, 0.25) is 0 Å². The number of aromatic carboxylic acids is 1. The Hall–Kier alpha value is -1.44. The molecule has 0 radical (unpaired) electrons. The zero-order chi connectivity index (χ0) is 12.6. The molecule has 0 fully saturated rings. The molecule has 88 valence electrons. The standard InChI is InChI=1S/C11H10IN3O2/c1-6-3-4-13-8(5-6)15-7(2)9(12)10(14-15)11(16)17/h3-5H,1-2H3,(H,16,17). The average Bonchev–Trinajstić information content (AvgIpc) is 2.56. The van der Waals surface area contributed by atoms with Crippen molar-refractivity contribution in [2.75, 3.05) is 0 Å². The van der Waals surface area contributed by atoms with Crippen molar-refractivity contribution >= 4 is 28.6 Å². The Labute approximate surface area is 112 Å². The van der Waals surface area contributed by atoms with Gasteiger partial charge in [-0.25, -0.2) is 14.5 Å². The minimum atomic E-state index is -1.02. The SMILES string of the molecule is Cc1ccnc(-n2nc(C(=O)O)c(I)c2C)c1. The van der Waals surface area contributed by atoms with E-state index >= 15 is 0 Å². The summed E-state index contributed by atoms with van der Waals surface area (Å²) < 4.78 is 2.19. The zero-order valence-electron chi connectivity index (χ0n) is 9.31. The van der Waals surface area contributed by atoms with E-state index in [-0.39, 0.29) is 5.69 Å². The van der Waals surface area contributed by atoms with Crippen LogP contribution in [0.4, 0.5) is 0 Å². The van der Waals surface area contributed by atoms with Crippen LogP contribution in [0.5, 0.6) is 0 Å². The van der Waals surface area contributed by atoms with E-state index in [1.807, 2.05) is 48.6 Å². The van der Waals surface area contributed by atoms with Crippen molar-refractivity contribution in [2.45, 2.75) is 13.8 Å². The highest BCUT2D eigenvalue weighted by Gasteiger charge is 2.19. The first-order valence-electron chi connectivity index (χ1n) is 4.92. The maximum Gasteiger partial charge on any atom is 0.357 e. The number of carboxylic acids is 1. The molecule has 0 aliphatic rings. The summed E-state index contributed by atoms with van der Waals surface area (Å²) in [6.45, 7) is 3.78. The van der Waals surface area contributed by atoms with Crippen molar-refractivity contribution in [1.29, 1.82) is 0 Å². The van der Waals surface area contributed by atoms with Gasteiger partial charge in [0.25, 0.3) is 0 Å². The van der Waals surface area contributed by atoms with Crippen LogP contribution in [0.1, 0.15) is 21.7 Å². The summed E-state index contributed by atoms with van der Waals surface area (Å²) >= 11 is 1.98. The maximum absolute atomic E-state index is 11.0. The van der Waals surface area contributed by atoms with Gasteiger partial charge in [-0.2, -0.15) is 5.10 Å². The van der Waals surface area contributed by atoms with Crippen molar-refractivity contribution in [1.82, 2.24) is 14.8 Å². The first kappa shape index (κ1) is 12.0. The van der Waals surface area contributed by atoms with Crippen LogP contribution in [0, 0.1) is 17.4 Å². The summed E-state index contributed by atoms with van der Waals surface area (Å²) in [4.78, 5) is 15.2. The number of nitrogens with zero attached hydrogens (tertiary/aromatic N) is 3. The van der Waals surface area contributed by atoms with Gasteiger partial charge in [-0.05, 0) is 54.1 Å². The molecule has 0 saturated heterocycles. The van der Waals surface area contributed by atoms with E-state index in [0.717, 1.165) is 11.3 Å². The fraction of sp³-hybridized carbons (Fsp3) is 0.182. The molecule has 6 heteroatoms. The Morgan fingerprint density at radius 1 is 1.47 bits per heavy atom. The summed E-state index contributed by atoms with van der Waals surface area (Å²) in [6, 6.07) is 3.74. The van der Waals surface area contributed by atoms with Crippen molar-refractivity contribution < 1.29 is 9.90 Å². The molecule has 2 rings (SSSR count). The number of carbonyl (C=O) groups is 1. The first-order valence-corrected chi connectivity index (χ1v) is 6.00. The highest BCUT2D eigenvalue weighted by atomic mass is 127. The number of pyridine rings is 1. The number of aromatic nitrogens is 3. The van der Waals surface area contributed by atoms with E-state index in [9.17, 15) is 4.79 Å². The second-order valence-corrected chi connectivity index (χ2v) is 4.74. The van der Waals surface area contributed by atoms with Crippen molar-refractivity contribution in [3.05, 3.63) is 38.9 Å². The summed E-state index contributed by atoms with van der Waals surface area (Å²) in [6.07, 6.45) is 1.68. The Morgan fingerprint density at radius 2 is 2.18 bits per heavy atom. The van der Waals surface area contributed by atoms with Gasteiger partial charge in [0.1, 0.15) is 0 Å². The summed E-state index contributed by atoms with van der Waals surface area (Å²) in [5.74, 6) is -0.392. The number of halogens is 1. The molecular weight excluding hydrogens is 333 g/mol. The molecule has 0 spiro atoms. The predicted molar refractivity (Wildman–Crippen MR) is 70.5 cm³/mol. The minimum Gasteiger partial charge on any atom is -0.476 e. The Morgan fingerprint density at radius 3 is 2.71 bits per heavy atom. The lowest BCUT2D eigenvalue weighted by atomic mass is 10.3. The zero-order valence-corrected chi connectivity index (χ0v) is 11.5. The second-order valence-electron chi connectivity index (χ2n) is 3.66. The molecule has 2 heterocycles. The average molecular weight is 343 g/mol. The van der Waals surface area contributed by atoms with Gasteiger partial charge in [-0.3, -0.25) is 0 Å². The highest BCUT2D eigenvalue weighted by molar-refractivity contribution is 14.1. The summed E-state index contributed by atoms with van der Waals surface area (Å²) in [5, 5.41) is 13.1. The van der Waals surface area contributed by atoms with E-state index in [4.69, 9.17) is 5.11 Å². The highest BCUT2D eigenvalue weighted by Crippen LogP contribution is 2.19. The lowest BCUT2D eigenvalue weighted by molar-refractivity contribution is 0.0689. The van der Waals surface area contributed by atoms with Crippen LogP contribution in [0.3, 0.4) is 0 Å². The van der Waals surface area contributed by atoms with Crippen molar-refractivity contribution in [3.8, 4) is 5.82 Å². The van der Waals surface area contributed by atoms with Crippen LogP contribution in [0.15, 0.2) is 18.3 Å². The van der Waals surface area contributed by atoms with Crippen molar-refractivity contribution in [3.63, 3.8) is 0 Å². The molecule has 2 aromatic rings. The van der Waals surface area contributed by atoms with Crippen LogP contribution in [-0.2, 0) is 0 Å². The summed E-state index contributed by atoms with van der Waals surface area (Å²) in [5.41, 5.74) is 1.89. The maximum atomic E-state index is 11.0. The molecule has 17 heavy (non-hydrogen) atoms. The van der Waals surface area contributed by atoms with Crippen LogP contribution in [0.25, 0.3) is 5.82 Å². The monoisotopic (exact) mass is 343 g/mol. The normalized spacial score (nSPS) is 10.5. The Balaban J connectivity index is 2.61.